The van der Waals surface area contributed by atoms with Gasteiger partial charge in [0.2, 0.25) is 0 Å². The van der Waals surface area contributed by atoms with Gasteiger partial charge in [-0.05, 0) is 19.1 Å². The second-order valence-corrected chi connectivity index (χ2v) is 4.38. The van der Waals surface area contributed by atoms with Crippen molar-refractivity contribution >= 4 is 22.8 Å². The number of oxazole rings is 1. The molecule has 2 heterocycles. The summed E-state index contributed by atoms with van der Waals surface area (Å²) in [6.07, 6.45) is 1.68. The van der Waals surface area contributed by atoms with Crippen molar-refractivity contribution in [1.29, 1.82) is 0 Å². The van der Waals surface area contributed by atoms with Crippen LogP contribution in [0.2, 0.25) is 0 Å². The summed E-state index contributed by atoms with van der Waals surface area (Å²) < 4.78 is 5.44. The fourth-order valence-corrected chi connectivity index (χ4v) is 1.87. The molecule has 8 nitrogen and oxygen atoms in total. The number of hydrogen-bond acceptors (Lipinski definition) is 7. The minimum absolute atomic E-state index is 0.0309. The smallest absolute Gasteiger partial charge is 0.296 e. The zero-order valence-corrected chi connectivity index (χ0v) is 11.1. The van der Waals surface area contributed by atoms with Gasteiger partial charge in [-0.25, -0.2) is 9.97 Å². The van der Waals surface area contributed by atoms with E-state index in [0.29, 0.717) is 29.5 Å². The van der Waals surface area contributed by atoms with Crippen LogP contribution in [0.15, 0.2) is 34.9 Å². The van der Waals surface area contributed by atoms with Crippen molar-refractivity contribution < 1.29 is 9.34 Å². The molecule has 0 saturated carbocycles. The first-order valence-corrected chi connectivity index (χ1v) is 6.19. The number of nitro benzene ring substituents is 1. The first-order chi connectivity index (χ1) is 10.1. The minimum Gasteiger partial charge on any atom is -0.423 e. The first kappa shape index (κ1) is 13.0. The fraction of sp³-hybridized carbons (Fsp3) is 0.154. The highest BCUT2D eigenvalue weighted by atomic mass is 16.6. The summed E-state index contributed by atoms with van der Waals surface area (Å²) in [6.45, 7) is 2.24. The Labute approximate surface area is 119 Å². The summed E-state index contributed by atoms with van der Waals surface area (Å²) in [5.74, 6) is 0.683. The third-order valence-corrected chi connectivity index (χ3v) is 2.84. The van der Waals surface area contributed by atoms with Crippen molar-refractivity contribution in [2.75, 3.05) is 5.32 Å². The molecule has 0 atom stereocenters. The highest BCUT2D eigenvalue weighted by Gasteiger charge is 2.11. The standard InChI is InChI=1S/C13H11N5O3/c1-8-14-5-4-9(16-8)7-15-13-17-11-3-2-10(18(19)20)6-12(11)21-13/h2-6H,7H2,1H3,(H,15,17). The molecule has 0 amide bonds. The van der Waals surface area contributed by atoms with Crippen LogP contribution in [0, 0.1) is 17.0 Å². The molecule has 0 bridgehead atoms. The highest BCUT2D eigenvalue weighted by molar-refractivity contribution is 5.77. The molecule has 0 aliphatic rings. The number of nitro groups is 1. The molecular weight excluding hydrogens is 274 g/mol. The molecule has 0 radical (unpaired) electrons. The van der Waals surface area contributed by atoms with Crippen LogP contribution in [0.4, 0.5) is 11.7 Å². The number of nitrogens with one attached hydrogen (secondary N) is 1. The molecular formula is C13H11N5O3. The van der Waals surface area contributed by atoms with E-state index in [1.165, 1.54) is 12.1 Å². The Morgan fingerprint density at radius 1 is 1.33 bits per heavy atom. The first-order valence-electron chi connectivity index (χ1n) is 6.19. The van der Waals surface area contributed by atoms with E-state index in [9.17, 15) is 10.1 Å². The van der Waals surface area contributed by atoms with E-state index in [0.717, 1.165) is 5.69 Å². The second-order valence-electron chi connectivity index (χ2n) is 4.38. The summed E-state index contributed by atoms with van der Waals surface area (Å²) in [6, 6.07) is 6.37. The third-order valence-electron chi connectivity index (χ3n) is 2.84. The molecule has 0 fully saturated rings. The zero-order chi connectivity index (χ0) is 14.8. The van der Waals surface area contributed by atoms with Gasteiger partial charge in [-0.15, -0.1) is 0 Å². The van der Waals surface area contributed by atoms with Crippen molar-refractivity contribution in [2.24, 2.45) is 0 Å². The number of aromatic nitrogens is 3. The van der Waals surface area contributed by atoms with E-state index < -0.39 is 4.92 Å². The summed E-state index contributed by atoms with van der Waals surface area (Å²) >= 11 is 0. The molecule has 0 aliphatic carbocycles. The Balaban J connectivity index is 1.80. The number of benzene rings is 1. The van der Waals surface area contributed by atoms with Crippen LogP contribution < -0.4 is 5.32 Å². The monoisotopic (exact) mass is 285 g/mol. The van der Waals surface area contributed by atoms with Gasteiger partial charge in [-0.1, -0.05) is 0 Å². The van der Waals surface area contributed by atoms with Crippen molar-refractivity contribution in [3.05, 3.63) is 52.1 Å². The van der Waals surface area contributed by atoms with Crippen LogP contribution in [-0.4, -0.2) is 19.9 Å². The molecule has 0 unspecified atom stereocenters. The van der Waals surface area contributed by atoms with E-state index in [4.69, 9.17) is 4.42 Å². The second kappa shape index (κ2) is 5.16. The predicted molar refractivity (Wildman–Crippen MR) is 74.8 cm³/mol. The largest absolute Gasteiger partial charge is 0.423 e. The maximum atomic E-state index is 10.7. The molecule has 2 aromatic heterocycles. The SMILES string of the molecule is Cc1nccc(CNc2nc3ccc([N+](=O)[O-])cc3o2)n1. The average molecular weight is 285 g/mol. The predicted octanol–water partition coefficient (Wildman–Crippen LogP) is 2.45. The molecule has 8 heteroatoms. The van der Waals surface area contributed by atoms with Crippen LogP contribution in [0.25, 0.3) is 11.1 Å². The zero-order valence-electron chi connectivity index (χ0n) is 11.1. The quantitative estimate of drug-likeness (QED) is 0.579. The average Bonchev–Trinajstić information content (AvgIpc) is 2.87. The van der Waals surface area contributed by atoms with Crippen LogP contribution >= 0.6 is 0 Å². The van der Waals surface area contributed by atoms with Gasteiger partial charge in [0, 0.05) is 12.3 Å². The topological polar surface area (TPSA) is 107 Å². The lowest BCUT2D eigenvalue weighted by atomic mass is 10.3. The lowest BCUT2D eigenvalue weighted by molar-refractivity contribution is -0.384. The van der Waals surface area contributed by atoms with E-state index in [1.807, 2.05) is 6.92 Å². The molecule has 106 valence electrons. The van der Waals surface area contributed by atoms with Gasteiger partial charge in [0.15, 0.2) is 5.58 Å². The van der Waals surface area contributed by atoms with E-state index in [2.05, 4.69) is 20.3 Å². The molecule has 1 aromatic carbocycles. The molecule has 0 spiro atoms. The lowest BCUT2D eigenvalue weighted by Gasteiger charge is -2.01. The van der Waals surface area contributed by atoms with Gasteiger partial charge in [-0.3, -0.25) is 10.1 Å². The maximum Gasteiger partial charge on any atom is 0.296 e. The van der Waals surface area contributed by atoms with Gasteiger partial charge in [0.25, 0.3) is 11.7 Å². The summed E-state index contributed by atoms with van der Waals surface area (Å²) in [5, 5.41) is 13.7. The van der Waals surface area contributed by atoms with E-state index in [-0.39, 0.29) is 5.69 Å². The highest BCUT2D eigenvalue weighted by Crippen LogP contribution is 2.23. The Morgan fingerprint density at radius 3 is 2.95 bits per heavy atom. The Morgan fingerprint density at radius 2 is 2.19 bits per heavy atom. The number of hydrogen-bond donors (Lipinski definition) is 1. The molecule has 1 N–H and O–H groups in total. The van der Waals surface area contributed by atoms with Crippen LogP contribution in [0.1, 0.15) is 11.5 Å². The molecule has 0 aliphatic heterocycles. The Bertz CT molecular complexity index is 814. The van der Waals surface area contributed by atoms with Gasteiger partial charge in [0.1, 0.15) is 11.3 Å². The van der Waals surface area contributed by atoms with Gasteiger partial charge < -0.3 is 9.73 Å². The van der Waals surface area contributed by atoms with E-state index in [1.54, 1.807) is 18.3 Å². The summed E-state index contributed by atoms with van der Waals surface area (Å²) in [5.41, 5.74) is 1.69. The lowest BCUT2D eigenvalue weighted by Crippen LogP contribution is -2.03. The number of nitrogens with zero attached hydrogens (tertiary/aromatic N) is 4. The third kappa shape index (κ3) is 2.78. The molecule has 3 rings (SSSR count). The minimum atomic E-state index is -0.473. The summed E-state index contributed by atoms with van der Waals surface area (Å²) in [4.78, 5) is 22.7. The van der Waals surface area contributed by atoms with Gasteiger partial charge in [-0.2, -0.15) is 4.98 Å². The van der Waals surface area contributed by atoms with Gasteiger partial charge >= 0.3 is 0 Å². The fourth-order valence-electron chi connectivity index (χ4n) is 1.87. The van der Waals surface area contributed by atoms with Crippen LogP contribution in [0.3, 0.4) is 0 Å². The van der Waals surface area contributed by atoms with E-state index >= 15 is 0 Å². The number of non-ortho nitro benzene ring substituents is 1. The Kier molecular flexibility index (Phi) is 3.19. The van der Waals surface area contributed by atoms with Crippen molar-refractivity contribution in [2.45, 2.75) is 13.5 Å². The summed E-state index contributed by atoms with van der Waals surface area (Å²) in [7, 11) is 0. The number of aryl methyl sites for hydroxylation is 1. The van der Waals surface area contributed by atoms with Crippen LogP contribution in [-0.2, 0) is 6.54 Å². The Hall–Kier alpha value is -3.03. The maximum absolute atomic E-state index is 10.7. The normalized spacial score (nSPS) is 10.7. The molecule has 21 heavy (non-hydrogen) atoms. The van der Waals surface area contributed by atoms with Crippen molar-refractivity contribution in [3.63, 3.8) is 0 Å². The number of rotatable bonds is 4. The molecule has 0 saturated heterocycles. The molecule has 3 aromatic rings. The van der Waals surface area contributed by atoms with Gasteiger partial charge in [0.05, 0.1) is 23.2 Å². The van der Waals surface area contributed by atoms with Crippen molar-refractivity contribution in [1.82, 2.24) is 15.0 Å². The number of anilines is 1. The van der Waals surface area contributed by atoms with Crippen molar-refractivity contribution in [3.8, 4) is 0 Å². The number of fused-ring (bicyclic) bond motifs is 1. The van der Waals surface area contributed by atoms with Crippen LogP contribution in [0.5, 0.6) is 0 Å².